The average molecular weight is 227 g/mol. The Kier molecular flexibility index (Phi) is 5.08. The highest BCUT2D eigenvalue weighted by molar-refractivity contribution is 5.98. The molecular formula is C11H21N3O2. The van der Waals surface area contributed by atoms with Crippen molar-refractivity contribution in [1.82, 2.24) is 4.90 Å². The van der Waals surface area contributed by atoms with Crippen LogP contribution in [0.1, 0.15) is 44.9 Å². The molecule has 1 aliphatic carbocycles. The Bertz CT molecular complexity index is 258. The Morgan fingerprint density at radius 3 is 2.44 bits per heavy atom. The van der Waals surface area contributed by atoms with E-state index in [-0.39, 0.29) is 18.2 Å². The lowest BCUT2D eigenvalue weighted by molar-refractivity contribution is -0.130. The molecule has 1 saturated carbocycles. The van der Waals surface area contributed by atoms with Gasteiger partial charge in [0.05, 0.1) is 6.42 Å². The molecule has 0 spiro atoms. The summed E-state index contributed by atoms with van der Waals surface area (Å²) in [4.78, 5) is 13.5. The second-order valence-corrected chi connectivity index (χ2v) is 4.42. The van der Waals surface area contributed by atoms with E-state index >= 15 is 0 Å². The van der Waals surface area contributed by atoms with Crippen LogP contribution in [0.25, 0.3) is 0 Å². The maximum absolute atomic E-state index is 11.8. The highest BCUT2D eigenvalue weighted by Crippen LogP contribution is 2.21. The first-order valence-corrected chi connectivity index (χ1v) is 5.87. The number of nitrogens with two attached hydrogens (primary N) is 1. The Hall–Kier alpha value is -1.26. The van der Waals surface area contributed by atoms with Crippen molar-refractivity contribution in [2.45, 2.75) is 51.0 Å². The topological polar surface area (TPSA) is 78.9 Å². The van der Waals surface area contributed by atoms with E-state index < -0.39 is 0 Å². The lowest BCUT2D eigenvalue weighted by Gasteiger charge is -2.27. The number of amides is 1. The first kappa shape index (κ1) is 12.8. The van der Waals surface area contributed by atoms with E-state index in [1.165, 1.54) is 25.7 Å². The number of hydrogen-bond donors (Lipinski definition) is 2. The molecule has 0 unspecified atom stereocenters. The Morgan fingerprint density at radius 1 is 1.38 bits per heavy atom. The molecule has 1 rings (SSSR count). The van der Waals surface area contributed by atoms with Crippen molar-refractivity contribution < 1.29 is 10.0 Å². The van der Waals surface area contributed by atoms with Gasteiger partial charge in [-0.15, -0.1) is 0 Å². The first-order chi connectivity index (χ1) is 7.65. The van der Waals surface area contributed by atoms with Crippen LogP contribution in [0.3, 0.4) is 0 Å². The third-order valence-electron chi connectivity index (χ3n) is 3.23. The summed E-state index contributed by atoms with van der Waals surface area (Å²) in [6.45, 7) is 0. The minimum absolute atomic E-state index is 0.00347. The molecule has 5 heteroatoms. The van der Waals surface area contributed by atoms with Crippen LogP contribution >= 0.6 is 0 Å². The molecule has 1 fully saturated rings. The van der Waals surface area contributed by atoms with Crippen LogP contribution in [0.2, 0.25) is 0 Å². The normalized spacial score (nSPS) is 19.2. The Labute approximate surface area is 96.3 Å². The number of amidine groups is 1. The molecule has 0 aromatic carbocycles. The van der Waals surface area contributed by atoms with E-state index in [4.69, 9.17) is 10.9 Å². The molecule has 0 saturated heterocycles. The lowest BCUT2D eigenvalue weighted by Crippen LogP contribution is -2.38. The van der Waals surface area contributed by atoms with Crippen LogP contribution in [0.5, 0.6) is 0 Å². The van der Waals surface area contributed by atoms with Crippen molar-refractivity contribution in [3.05, 3.63) is 0 Å². The van der Waals surface area contributed by atoms with Crippen molar-refractivity contribution in [3.8, 4) is 0 Å². The van der Waals surface area contributed by atoms with Crippen LogP contribution in [0.15, 0.2) is 5.16 Å². The van der Waals surface area contributed by atoms with Gasteiger partial charge < -0.3 is 15.8 Å². The second kappa shape index (κ2) is 6.35. The summed E-state index contributed by atoms with van der Waals surface area (Å²) in [6, 6.07) is 0.321. The lowest BCUT2D eigenvalue weighted by atomic mass is 10.1. The maximum Gasteiger partial charge on any atom is 0.230 e. The van der Waals surface area contributed by atoms with Gasteiger partial charge in [-0.3, -0.25) is 4.79 Å². The molecule has 0 aromatic rings. The first-order valence-electron chi connectivity index (χ1n) is 5.87. The molecule has 1 amide bonds. The van der Waals surface area contributed by atoms with E-state index in [9.17, 15) is 4.79 Å². The fraction of sp³-hybridized carbons (Fsp3) is 0.818. The SMILES string of the molecule is CN(C(=O)C/C(N)=N/O)C1CCCCCC1. The average Bonchev–Trinajstić information content (AvgIpc) is 2.56. The zero-order valence-electron chi connectivity index (χ0n) is 9.85. The molecule has 0 heterocycles. The number of carbonyl (C=O) groups is 1. The summed E-state index contributed by atoms with van der Waals surface area (Å²) in [5.74, 6) is -0.0901. The summed E-state index contributed by atoms with van der Waals surface area (Å²) in [5, 5.41) is 11.2. The number of rotatable bonds is 3. The van der Waals surface area contributed by atoms with E-state index in [0.29, 0.717) is 6.04 Å². The summed E-state index contributed by atoms with van der Waals surface area (Å²) in [6.07, 6.45) is 7.04. The quantitative estimate of drug-likeness (QED) is 0.251. The smallest absolute Gasteiger partial charge is 0.230 e. The number of carbonyl (C=O) groups excluding carboxylic acids is 1. The van der Waals surface area contributed by atoms with Crippen LogP contribution in [0.4, 0.5) is 0 Å². The van der Waals surface area contributed by atoms with Gasteiger partial charge in [0, 0.05) is 13.1 Å². The van der Waals surface area contributed by atoms with Gasteiger partial charge in [0.25, 0.3) is 0 Å². The van der Waals surface area contributed by atoms with Gasteiger partial charge in [0.1, 0.15) is 5.84 Å². The van der Waals surface area contributed by atoms with Gasteiger partial charge in [-0.05, 0) is 12.8 Å². The molecule has 0 bridgehead atoms. The van der Waals surface area contributed by atoms with Crippen LogP contribution in [-0.4, -0.2) is 34.9 Å². The molecule has 0 radical (unpaired) electrons. The predicted octanol–water partition coefficient (Wildman–Crippen LogP) is 1.30. The molecule has 16 heavy (non-hydrogen) atoms. The minimum Gasteiger partial charge on any atom is -0.409 e. The zero-order valence-corrected chi connectivity index (χ0v) is 9.85. The highest BCUT2D eigenvalue weighted by Gasteiger charge is 2.21. The molecule has 92 valence electrons. The van der Waals surface area contributed by atoms with Gasteiger partial charge in [-0.1, -0.05) is 30.8 Å². The van der Waals surface area contributed by atoms with E-state index in [0.717, 1.165) is 12.8 Å². The molecule has 0 aromatic heterocycles. The molecule has 5 nitrogen and oxygen atoms in total. The van der Waals surface area contributed by atoms with Gasteiger partial charge in [0.2, 0.25) is 5.91 Å². The van der Waals surface area contributed by atoms with Gasteiger partial charge in [0.15, 0.2) is 0 Å². The summed E-state index contributed by atoms with van der Waals surface area (Å²) < 4.78 is 0. The zero-order chi connectivity index (χ0) is 12.0. The Balaban J connectivity index is 2.48. The fourth-order valence-corrected chi connectivity index (χ4v) is 2.16. The highest BCUT2D eigenvalue weighted by atomic mass is 16.4. The molecular weight excluding hydrogens is 206 g/mol. The predicted molar refractivity (Wildman–Crippen MR) is 62.3 cm³/mol. The van der Waals surface area contributed by atoms with Gasteiger partial charge >= 0.3 is 0 Å². The number of oxime groups is 1. The number of nitrogens with zero attached hydrogens (tertiary/aromatic N) is 2. The van der Waals surface area contributed by atoms with E-state index in [1.54, 1.807) is 4.90 Å². The molecule has 0 aliphatic heterocycles. The largest absolute Gasteiger partial charge is 0.409 e. The van der Waals surface area contributed by atoms with Crippen LogP contribution in [0, 0.1) is 0 Å². The molecule has 1 aliphatic rings. The van der Waals surface area contributed by atoms with E-state index in [1.807, 2.05) is 7.05 Å². The van der Waals surface area contributed by atoms with Gasteiger partial charge in [-0.25, -0.2) is 0 Å². The second-order valence-electron chi connectivity index (χ2n) is 4.42. The van der Waals surface area contributed by atoms with Crippen molar-refractivity contribution in [1.29, 1.82) is 0 Å². The third-order valence-corrected chi connectivity index (χ3v) is 3.23. The van der Waals surface area contributed by atoms with Crippen LogP contribution < -0.4 is 5.73 Å². The maximum atomic E-state index is 11.8. The Morgan fingerprint density at radius 2 is 1.94 bits per heavy atom. The standard InChI is InChI=1S/C11H21N3O2/c1-14(11(15)8-10(12)13-16)9-6-4-2-3-5-7-9/h9,16H,2-8H2,1H3,(H2,12,13). The summed E-state index contributed by atoms with van der Waals surface area (Å²) in [7, 11) is 1.81. The molecule has 0 atom stereocenters. The van der Waals surface area contributed by atoms with Crippen molar-refractivity contribution in [2.24, 2.45) is 10.9 Å². The molecule has 3 N–H and O–H groups in total. The van der Waals surface area contributed by atoms with Gasteiger partial charge in [-0.2, -0.15) is 0 Å². The third kappa shape index (κ3) is 3.72. The monoisotopic (exact) mass is 227 g/mol. The van der Waals surface area contributed by atoms with E-state index in [2.05, 4.69) is 5.16 Å². The summed E-state index contributed by atoms with van der Waals surface area (Å²) >= 11 is 0. The van der Waals surface area contributed by atoms with Crippen molar-refractivity contribution >= 4 is 11.7 Å². The minimum atomic E-state index is -0.0674. The fourth-order valence-electron chi connectivity index (χ4n) is 2.16. The van der Waals surface area contributed by atoms with Crippen molar-refractivity contribution in [3.63, 3.8) is 0 Å². The van der Waals surface area contributed by atoms with Crippen molar-refractivity contribution in [2.75, 3.05) is 7.05 Å². The van der Waals surface area contributed by atoms with Crippen LogP contribution in [-0.2, 0) is 4.79 Å². The number of hydrogen-bond acceptors (Lipinski definition) is 3. The summed E-state index contributed by atoms with van der Waals surface area (Å²) in [5.41, 5.74) is 5.32.